The Morgan fingerprint density at radius 3 is 2.80 bits per heavy atom. The molecule has 0 aliphatic heterocycles. The maximum atomic E-state index is 6.10. The average molecular weight is 204 g/mol. The molecule has 2 rings (SSSR count). The third-order valence-electron chi connectivity index (χ3n) is 3.18. The van der Waals surface area contributed by atoms with Crippen molar-refractivity contribution in [1.82, 2.24) is 5.32 Å². The van der Waals surface area contributed by atoms with Crippen molar-refractivity contribution in [2.75, 3.05) is 6.54 Å². The maximum Gasteiger partial charge on any atom is 0.0341 e. The number of fused-ring (bicyclic) bond motifs is 1. The van der Waals surface area contributed by atoms with Gasteiger partial charge < -0.3 is 11.1 Å². The van der Waals surface area contributed by atoms with Crippen LogP contribution >= 0.6 is 0 Å². The third kappa shape index (κ3) is 2.21. The molecule has 0 saturated carbocycles. The van der Waals surface area contributed by atoms with E-state index in [1.165, 1.54) is 24.0 Å². The maximum absolute atomic E-state index is 6.10. The largest absolute Gasteiger partial charge is 0.324 e. The van der Waals surface area contributed by atoms with Crippen molar-refractivity contribution < 1.29 is 0 Å². The van der Waals surface area contributed by atoms with Gasteiger partial charge in [-0.05, 0) is 30.5 Å². The van der Waals surface area contributed by atoms with Gasteiger partial charge in [-0.2, -0.15) is 0 Å². The molecule has 2 atom stereocenters. The van der Waals surface area contributed by atoms with E-state index in [-0.39, 0.29) is 6.04 Å². The average Bonchev–Trinajstić information content (AvgIpc) is 2.58. The number of rotatable bonds is 4. The fraction of sp³-hybridized carbons (Fsp3) is 0.538. The van der Waals surface area contributed by atoms with Gasteiger partial charge in [-0.1, -0.05) is 37.6 Å². The van der Waals surface area contributed by atoms with E-state index >= 15 is 0 Å². The lowest BCUT2D eigenvalue weighted by Crippen LogP contribution is -2.21. The highest BCUT2D eigenvalue weighted by atomic mass is 14.9. The van der Waals surface area contributed by atoms with E-state index in [4.69, 9.17) is 5.73 Å². The fourth-order valence-corrected chi connectivity index (χ4v) is 2.32. The van der Waals surface area contributed by atoms with Crippen LogP contribution in [0.25, 0.3) is 0 Å². The highest BCUT2D eigenvalue weighted by Crippen LogP contribution is 2.36. The van der Waals surface area contributed by atoms with Gasteiger partial charge in [0.1, 0.15) is 0 Å². The summed E-state index contributed by atoms with van der Waals surface area (Å²) < 4.78 is 0. The molecular formula is C13H20N2. The fourth-order valence-electron chi connectivity index (χ4n) is 2.32. The van der Waals surface area contributed by atoms with Crippen molar-refractivity contribution in [2.24, 2.45) is 5.73 Å². The minimum absolute atomic E-state index is 0.223. The van der Waals surface area contributed by atoms with Crippen molar-refractivity contribution >= 4 is 0 Å². The molecule has 0 amide bonds. The van der Waals surface area contributed by atoms with Gasteiger partial charge in [-0.15, -0.1) is 0 Å². The Morgan fingerprint density at radius 2 is 2.07 bits per heavy atom. The number of nitrogens with two attached hydrogens (primary N) is 1. The smallest absolute Gasteiger partial charge is 0.0341 e. The van der Waals surface area contributed by atoms with Gasteiger partial charge in [-0.25, -0.2) is 0 Å². The first-order valence-corrected chi connectivity index (χ1v) is 5.90. The molecule has 0 radical (unpaired) electrons. The summed E-state index contributed by atoms with van der Waals surface area (Å²) in [5.74, 6) is 0. The van der Waals surface area contributed by atoms with E-state index in [0.717, 1.165) is 13.0 Å². The van der Waals surface area contributed by atoms with E-state index in [2.05, 4.69) is 36.5 Å². The molecule has 82 valence electrons. The molecule has 2 nitrogen and oxygen atoms in total. The van der Waals surface area contributed by atoms with Crippen LogP contribution in [0.3, 0.4) is 0 Å². The van der Waals surface area contributed by atoms with Gasteiger partial charge in [0.15, 0.2) is 0 Å². The van der Waals surface area contributed by atoms with Crippen LogP contribution in [0.5, 0.6) is 0 Å². The molecule has 1 aromatic rings. The Morgan fingerprint density at radius 1 is 1.33 bits per heavy atom. The second-order valence-electron chi connectivity index (χ2n) is 4.33. The number of hydrogen-bond donors (Lipinski definition) is 2. The highest BCUT2D eigenvalue weighted by Gasteiger charge is 2.27. The molecule has 0 spiro atoms. The van der Waals surface area contributed by atoms with Gasteiger partial charge >= 0.3 is 0 Å². The summed E-state index contributed by atoms with van der Waals surface area (Å²) in [6, 6.07) is 9.23. The van der Waals surface area contributed by atoms with Gasteiger partial charge in [-0.3, -0.25) is 0 Å². The number of nitrogens with one attached hydrogen (secondary N) is 1. The van der Waals surface area contributed by atoms with Gasteiger partial charge in [0.25, 0.3) is 0 Å². The quantitative estimate of drug-likeness (QED) is 0.740. The van der Waals surface area contributed by atoms with Crippen molar-refractivity contribution in [3.8, 4) is 0 Å². The summed E-state index contributed by atoms with van der Waals surface area (Å²) >= 11 is 0. The summed E-state index contributed by atoms with van der Waals surface area (Å²) in [6.45, 7) is 3.32. The predicted octanol–water partition coefficient (Wildman–Crippen LogP) is 2.52. The SMILES string of the molecule is CCCCNC1CC(N)c2ccccc21. The summed E-state index contributed by atoms with van der Waals surface area (Å²) in [4.78, 5) is 0. The van der Waals surface area contributed by atoms with Crippen LogP contribution in [0.1, 0.15) is 49.4 Å². The van der Waals surface area contributed by atoms with Crippen molar-refractivity contribution in [3.05, 3.63) is 35.4 Å². The molecule has 2 heteroatoms. The topological polar surface area (TPSA) is 38.0 Å². The van der Waals surface area contributed by atoms with E-state index in [1.54, 1.807) is 0 Å². The van der Waals surface area contributed by atoms with Crippen LogP contribution in [0, 0.1) is 0 Å². The normalized spacial score (nSPS) is 24.1. The number of unbranched alkanes of at least 4 members (excludes halogenated alkanes) is 1. The first-order chi connectivity index (χ1) is 7.33. The van der Waals surface area contributed by atoms with Crippen molar-refractivity contribution in [2.45, 2.75) is 38.3 Å². The molecule has 2 unspecified atom stereocenters. The first-order valence-electron chi connectivity index (χ1n) is 5.90. The molecular weight excluding hydrogens is 184 g/mol. The van der Waals surface area contributed by atoms with Gasteiger partial charge in [0.2, 0.25) is 0 Å². The van der Waals surface area contributed by atoms with Gasteiger partial charge in [0.05, 0.1) is 0 Å². The van der Waals surface area contributed by atoms with E-state index in [9.17, 15) is 0 Å². The van der Waals surface area contributed by atoms with E-state index in [0.29, 0.717) is 6.04 Å². The zero-order valence-electron chi connectivity index (χ0n) is 9.37. The van der Waals surface area contributed by atoms with Crippen molar-refractivity contribution in [1.29, 1.82) is 0 Å². The third-order valence-corrected chi connectivity index (χ3v) is 3.18. The molecule has 0 fully saturated rings. The van der Waals surface area contributed by atoms with Crippen LogP contribution < -0.4 is 11.1 Å². The van der Waals surface area contributed by atoms with Gasteiger partial charge in [0, 0.05) is 12.1 Å². The molecule has 0 aromatic heterocycles. The van der Waals surface area contributed by atoms with Crippen LogP contribution in [-0.2, 0) is 0 Å². The highest BCUT2D eigenvalue weighted by molar-refractivity contribution is 5.37. The number of benzene rings is 1. The molecule has 1 aliphatic rings. The summed E-state index contributed by atoms with van der Waals surface area (Å²) in [5, 5.41) is 3.59. The zero-order valence-corrected chi connectivity index (χ0v) is 9.37. The summed E-state index contributed by atoms with van der Waals surface area (Å²) in [7, 11) is 0. The van der Waals surface area contributed by atoms with Crippen LogP contribution in [-0.4, -0.2) is 6.54 Å². The molecule has 1 aliphatic carbocycles. The van der Waals surface area contributed by atoms with E-state index < -0.39 is 0 Å². The lowest BCUT2D eigenvalue weighted by molar-refractivity contribution is 0.491. The minimum atomic E-state index is 0.223. The van der Waals surface area contributed by atoms with Crippen LogP contribution in [0.2, 0.25) is 0 Å². The molecule has 3 N–H and O–H groups in total. The molecule has 0 saturated heterocycles. The predicted molar refractivity (Wildman–Crippen MR) is 63.6 cm³/mol. The molecule has 15 heavy (non-hydrogen) atoms. The minimum Gasteiger partial charge on any atom is -0.324 e. The second kappa shape index (κ2) is 4.77. The lowest BCUT2D eigenvalue weighted by Gasteiger charge is -2.13. The summed E-state index contributed by atoms with van der Waals surface area (Å²) in [5.41, 5.74) is 8.83. The van der Waals surface area contributed by atoms with Crippen LogP contribution in [0.4, 0.5) is 0 Å². The van der Waals surface area contributed by atoms with Crippen molar-refractivity contribution in [3.63, 3.8) is 0 Å². The molecule has 1 aromatic carbocycles. The zero-order chi connectivity index (χ0) is 10.7. The Labute approximate surface area is 91.9 Å². The summed E-state index contributed by atoms with van der Waals surface area (Å²) in [6.07, 6.45) is 3.53. The lowest BCUT2D eigenvalue weighted by atomic mass is 10.1. The molecule has 0 heterocycles. The Hall–Kier alpha value is -0.860. The Kier molecular flexibility index (Phi) is 3.39. The Bertz CT molecular complexity index is 322. The first kappa shape index (κ1) is 10.7. The second-order valence-corrected chi connectivity index (χ2v) is 4.33. The monoisotopic (exact) mass is 204 g/mol. The Balaban J connectivity index is 2.04. The van der Waals surface area contributed by atoms with E-state index in [1.807, 2.05) is 0 Å². The standard InChI is InChI=1S/C13H20N2/c1-2-3-8-15-13-9-12(14)10-6-4-5-7-11(10)13/h4-7,12-13,15H,2-3,8-9,14H2,1H3. The number of hydrogen-bond acceptors (Lipinski definition) is 2. The van der Waals surface area contributed by atoms with Crippen LogP contribution in [0.15, 0.2) is 24.3 Å². The molecule has 0 bridgehead atoms.